The Bertz CT molecular complexity index is 1200. The third-order valence-electron chi connectivity index (χ3n) is 4.63. The lowest BCUT2D eigenvalue weighted by Gasteiger charge is -2.16. The lowest BCUT2D eigenvalue weighted by Crippen LogP contribution is -2.23. The van der Waals surface area contributed by atoms with Crippen molar-refractivity contribution in [2.75, 3.05) is 5.75 Å². The molecule has 7 nitrogen and oxygen atoms in total. The molecule has 0 spiro atoms. The molecule has 160 valence electrons. The Balaban J connectivity index is 2.26. The zero-order chi connectivity index (χ0) is 22.6. The average molecular weight is 450 g/mol. The molecule has 0 saturated heterocycles. The van der Waals surface area contributed by atoms with Crippen molar-refractivity contribution in [2.45, 2.75) is 42.1 Å². The van der Waals surface area contributed by atoms with Crippen LogP contribution in [0, 0.1) is 11.8 Å². The van der Waals surface area contributed by atoms with Gasteiger partial charge in [-0.15, -0.1) is 0 Å². The minimum Gasteiger partial charge on any atom is -0.378 e. The molecule has 0 unspecified atom stereocenters. The molecule has 0 fully saturated rings. The van der Waals surface area contributed by atoms with Gasteiger partial charge >= 0.3 is 0 Å². The minimum atomic E-state index is -4.27. The minimum absolute atomic E-state index is 0.137. The van der Waals surface area contributed by atoms with E-state index in [4.69, 9.17) is 5.14 Å². The molecule has 0 heterocycles. The fourth-order valence-electron chi connectivity index (χ4n) is 2.63. The van der Waals surface area contributed by atoms with Gasteiger partial charge in [-0.25, -0.2) is 22.0 Å². The fourth-order valence-corrected chi connectivity index (χ4v) is 5.30. The number of hydrogen-bond donors (Lipinski definition) is 2. The van der Waals surface area contributed by atoms with Crippen LogP contribution in [0.15, 0.2) is 58.3 Å². The molecule has 2 aromatic carbocycles. The number of benzene rings is 2. The van der Waals surface area contributed by atoms with Gasteiger partial charge in [-0.1, -0.05) is 50.0 Å². The molecule has 0 aliphatic rings. The third kappa shape index (κ3) is 5.77. The number of ketones is 1. The van der Waals surface area contributed by atoms with Gasteiger partial charge in [0.15, 0.2) is 15.6 Å². The second-order valence-electron chi connectivity index (χ2n) is 6.74. The van der Waals surface area contributed by atoms with Gasteiger partial charge in [0.1, 0.15) is 16.2 Å². The van der Waals surface area contributed by atoms with Gasteiger partial charge in [-0.2, -0.15) is 0 Å². The highest BCUT2D eigenvalue weighted by atomic mass is 32.2. The Morgan fingerprint density at radius 2 is 1.50 bits per heavy atom. The average Bonchev–Trinajstić information content (AvgIpc) is 2.71. The molecule has 0 saturated carbocycles. The predicted molar refractivity (Wildman–Crippen MR) is 113 cm³/mol. The third-order valence-corrected chi connectivity index (χ3v) is 7.39. The maximum Gasteiger partial charge on any atom is 0.239 e. The van der Waals surface area contributed by atoms with Crippen molar-refractivity contribution in [3.8, 4) is 11.8 Å². The van der Waals surface area contributed by atoms with Gasteiger partial charge < -0.3 is 5.11 Å². The molecule has 0 bridgehead atoms. The van der Waals surface area contributed by atoms with Crippen LogP contribution in [0.5, 0.6) is 0 Å². The summed E-state index contributed by atoms with van der Waals surface area (Å²) in [4.78, 5) is 11.4. The number of primary sulfonamides is 1. The fraction of sp³-hybridized carbons (Fsp3) is 0.286. The summed E-state index contributed by atoms with van der Waals surface area (Å²) in [6.07, 6.45) is 0.954. The number of carbonyl (C=O) groups excluding carboxylic acids is 1. The lowest BCUT2D eigenvalue weighted by atomic mass is 9.98. The summed E-state index contributed by atoms with van der Waals surface area (Å²) in [6, 6.07) is 10.9. The first-order valence-electron chi connectivity index (χ1n) is 9.15. The summed E-state index contributed by atoms with van der Waals surface area (Å²) in [6.45, 7) is 3.66. The van der Waals surface area contributed by atoms with Crippen molar-refractivity contribution in [3.05, 3.63) is 59.7 Å². The second-order valence-corrected chi connectivity index (χ2v) is 10.2. The van der Waals surface area contributed by atoms with Gasteiger partial charge in [-0.3, -0.25) is 4.79 Å². The Kier molecular flexibility index (Phi) is 7.21. The van der Waals surface area contributed by atoms with Crippen LogP contribution in [-0.2, 0) is 19.9 Å². The van der Waals surface area contributed by atoms with E-state index < -0.39 is 46.8 Å². The van der Waals surface area contributed by atoms with Crippen molar-refractivity contribution >= 4 is 25.6 Å². The Morgan fingerprint density at radius 3 is 2.00 bits per heavy atom. The number of sulfone groups is 1. The highest BCUT2D eigenvalue weighted by molar-refractivity contribution is 7.94. The molecular formula is C21H23NO6S2. The van der Waals surface area contributed by atoms with E-state index >= 15 is 0 Å². The standard InChI is InChI=1S/C21H23NO6S2/c1-3-21(24,4-2)14-13-16-9-11-17(12-10-16)18(23)15-29(25,26)19-7-5-6-8-20(19)30(22,27)28/h5-12,24H,3-4,15H2,1-2H3,(H2,22,27,28). The summed E-state index contributed by atoms with van der Waals surface area (Å²) >= 11 is 0. The van der Waals surface area contributed by atoms with Crippen LogP contribution in [0.3, 0.4) is 0 Å². The highest BCUT2D eigenvalue weighted by Crippen LogP contribution is 2.21. The monoisotopic (exact) mass is 449 g/mol. The summed E-state index contributed by atoms with van der Waals surface area (Å²) in [5, 5.41) is 15.3. The molecule has 0 atom stereocenters. The van der Waals surface area contributed by atoms with Crippen LogP contribution in [0.25, 0.3) is 0 Å². The number of sulfonamides is 1. The molecular weight excluding hydrogens is 426 g/mol. The van der Waals surface area contributed by atoms with E-state index in [2.05, 4.69) is 11.8 Å². The highest BCUT2D eigenvalue weighted by Gasteiger charge is 2.27. The number of Topliss-reactive ketones (excluding diaryl/α,β-unsaturated/α-hetero) is 1. The summed E-state index contributed by atoms with van der Waals surface area (Å²) in [5.74, 6) is 4.03. The Labute approximate surface area is 176 Å². The van der Waals surface area contributed by atoms with E-state index in [1.165, 1.54) is 24.3 Å². The maximum atomic E-state index is 12.6. The van der Waals surface area contributed by atoms with Crippen LogP contribution in [0.2, 0.25) is 0 Å². The quantitative estimate of drug-likeness (QED) is 0.490. The molecule has 9 heteroatoms. The first-order valence-corrected chi connectivity index (χ1v) is 12.3. The molecule has 0 aliphatic carbocycles. The predicted octanol–water partition coefficient (Wildman–Crippen LogP) is 1.89. The first kappa shape index (κ1) is 23.8. The Hall–Kier alpha value is -2.51. The number of hydrogen-bond acceptors (Lipinski definition) is 6. The van der Waals surface area contributed by atoms with E-state index in [-0.39, 0.29) is 5.56 Å². The van der Waals surface area contributed by atoms with Crippen molar-refractivity contribution < 1.29 is 26.7 Å². The first-order chi connectivity index (χ1) is 13.9. The van der Waals surface area contributed by atoms with Gasteiger partial charge in [0.05, 0.1) is 4.90 Å². The Morgan fingerprint density at radius 1 is 0.967 bits per heavy atom. The number of carbonyl (C=O) groups is 1. The zero-order valence-corrected chi connectivity index (χ0v) is 18.3. The molecule has 2 rings (SSSR count). The van der Waals surface area contributed by atoms with E-state index in [1.54, 1.807) is 12.1 Å². The van der Waals surface area contributed by atoms with Crippen molar-refractivity contribution in [2.24, 2.45) is 5.14 Å². The van der Waals surface area contributed by atoms with Crippen molar-refractivity contribution in [1.82, 2.24) is 0 Å². The zero-order valence-electron chi connectivity index (χ0n) is 16.6. The van der Waals surface area contributed by atoms with E-state index in [1.807, 2.05) is 13.8 Å². The molecule has 3 N–H and O–H groups in total. The normalized spacial score (nSPS) is 12.1. The smallest absolute Gasteiger partial charge is 0.239 e. The van der Waals surface area contributed by atoms with Gasteiger partial charge in [0, 0.05) is 11.1 Å². The number of aliphatic hydroxyl groups is 1. The topological polar surface area (TPSA) is 132 Å². The van der Waals surface area contributed by atoms with E-state index in [9.17, 15) is 26.7 Å². The molecule has 0 amide bonds. The van der Waals surface area contributed by atoms with Crippen molar-refractivity contribution in [1.29, 1.82) is 0 Å². The molecule has 2 aromatic rings. The summed E-state index contributed by atoms with van der Waals surface area (Å²) in [5.41, 5.74) is -0.382. The lowest BCUT2D eigenvalue weighted by molar-refractivity contribution is 0.0931. The molecule has 0 radical (unpaired) electrons. The van der Waals surface area contributed by atoms with E-state index in [0.29, 0.717) is 18.4 Å². The SMILES string of the molecule is CCC(O)(C#Cc1ccc(C(=O)CS(=O)(=O)c2ccccc2S(N)(=O)=O)cc1)CC. The number of nitrogens with two attached hydrogens (primary N) is 1. The summed E-state index contributed by atoms with van der Waals surface area (Å²) < 4.78 is 48.6. The van der Waals surface area contributed by atoms with Gasteiger partial charge in [0.2, 0.25) is 10.0 Å². The second kappa shape index (κ2) is 9.10. The van der Waals surface area contributed by atoms with Gasteiger partial charge in [-0.05, 0) is 37.1 Å². The van der Waals surface area contributed by atoms with Crippen LogP contribution in [0.1, 0.15) is 42.6 Å². The summed E-state index contributed by atoms with van der Waals surface area (Å²) in [7, 11) is -8.51. The van der Waals surface area contributed by atoms with Crippen LogP contribution in [0.4, 0.5) is 0 Å². The molecule has 0 aromatic heterocycles. The maximum absolute atomic E-state index is 12.6. The number of rotatable bonds is 7. The van der Waals surface area contributed by atoms with Crippen molar-refractivity contribution in [3.63, 3.8) is 0 Å². The van der Waals surface area contributed by atoms with Crippen LogP contribution >= 0.6 is 0 Å². The van der Waals surface area contributed by atoms with Gasteiger partial charge in [0.25, 0.3) is 0 Å². The van der Waals surface area contributed by atoms with Crippen LogP contribution in [-0.4, -0.2) is 39.1 Å². The van der Waals surface area contributed by atoms with E-state index in [0.717, 1.165) is 12.1 Å². The molecule has 0 aliphatic heterocycles. The van der Waals surface area contributed by atoms with Crippen LogP contribution < -0.4 is 5.14 Å². The molecule has 30 heavy (non-hydrogen) atoms. The largest absolute Gasteiger partial charge is 0.378 e.